The van der Waals surface area contributed by atoms with Crippen LogP contribution < -0.4 is 0 Å². The summed E-state index contributed by atoms with van der Waals surface area (Å²) in [6, 6.07) is 0. The second-order valence-corrected chi connectivity index (χ2v) is 4.62. The molecule has 2 aromatic rings. The molecule has 0 bridgehead atoms. The predicted octanol–water partition coefficient (Wildman–Crippen LogP) is 2.37. The van der Waals surface area contributed by atoms with Gasteiger partial charge < -0.3 is 4.42 Å². The Bertz CT molecular complexity index is 449. The molecule has 0 aliphatic heterocycles. The van der Waals surface area contributed by atoms with Crippen LogP contribution in [-0.2, 0) is 12.5 Å². The summed E-state index contributed by atoms with van der Waals surface area (Å²) in [7, 11) is 1.94. The van der Waals surface area contributed by atoms with Gasteiger partial charge >= 0.3 is 0 Å². The van der Waals surface area contributed by atoms with E-state index >= 15 is 0 Å². The Morgan fingerprint density at radius 1 is 1.33 bits per heavy atom. The number of nitrogens with zero attached hydrogens (tertiary/aromatic N) is 3. The van der Waals surface area contributed by atoms with Gasteiger partial charge in [0.2, 0.25) is 5.89 Å². The summed E-state index contributed by atoms with van der Waals surface area (Å²) in [5.41, 5.74) is 2.12. The summed E-state index contributed by atoms with van der Waals surface area (Å²) < 4.78 is 7.18. The van der Waals surface area contributed by atoms with E-state index in [1.165, 1.54) is 0 Å². The minimum Gasteiger partial charge on any atom is -0.444 e. The Morgan fingerprint density at radius 2 is 2.07 bits per heavy atom. The minimum absolute atomic E-state index is 0.0229. The van der Waals surface area contributed by atoms with Gasteiger partial charge in [-0.2, -0.15) is 5.10 Å². The molecule has 2 heterocycles. The zero-order chi connectivity index (χ0) is 11.1. The topological polar surface area (TPSA) is 43.9 Å². The molecule has 80 valence electrons. The Balaban J connectivity index is 2.59. The van der Waals surface area contributed by atoms with Crippen LogP contribution >= 0.6 is 0 Å². The Kier molecular flexibility index (Phi) is 2.14. The first-order valence-electron chi connectivity index (χ1n) is 4.92. The Morgan fingerprint density at radius 3 is 2.60 bits per heavy atom. The number of hydrogen-bond acceptors (Lipinski definition) is 3. The van der Waals surface area contributed by atoms with Gasteiger partial charge in [-0.1, -0.05) is 20.8 Å². The molecular formula is C11H15N3O. The van der Waals surface area contributed by atoms with E-state index in [2.05, 4.69) is 30.9 Å². The maximum Gasteiger partial charge on any atom is 0.229 e. The van der Waals surface area contributed by atoms with Crippen molar-refractivity contribution in [1.82, 2.24) is 14.8 Å². The fraction of sp³-hybridized carbons (Fsp3) is 0.455. The van der Waals surface area contributed by atoms with Crippen molar-refractivity contribution in [2.24, 2.45) is 7.05 Å². The summed E-state index contributed by atoms with van der Waals surface area (Å²) in [5.74, 6) is 0.632. The lowest BCUT2D eigenvalue weighted by Crippen LogP contribution is -2.17. The number of rotatable bonds is 1. The molecule has 0 spiro atoms. The van der Waals surface area contributed by atoms with Crippen molar-refractivity contribution in [2.75, 3.05) is 0 Å². The zero-order valence-corrected chi connectivity index (χ0v) is 9.48. The summed E-state index contributed by atoms with van der Waals surface area (Å²) in [4.78, 5) is 4.15. The van der Waals surface area contributed by atoms with Crippen LogP contribution in [0.4, 0.5) is 0 Å². The highest BCUT2D eigenvalue weighted by Crippen LogP contribution is 2.31. The molecule has 4 heteroatoms. The van der Waals surface area contributed by atoms with Gasteiger partial charge in [0.15, 0.2) is 0 Å². The third-order valence-electron chi connectivity index (χ3n) is 2.31. The van der Waals surface area contributed by atoms with Crippen molar-refractivity contribution in [3.05, 3.63) is 24.4 Å². The largest absolute Gasteiger partial charge is 0.444 e. The van der Waals surface area contributed by atoms with Crippen molar-refractivity contribution in [3.8, 4) is 11.5 Å². The van der Waals surface area contributed by atoms with Gasteiger partial charge in [0.05, 0.1) is 23.7 Å². The standard InChI is InChI=1S/C11H15N3O/c1-11(2,3)9-8(7-13-14(9)4)10-12-5-6-15-10/h5-7H,1-4H3. The lowest BCUT2D eigenvalue weighted by molar-refractivity contribution is 0.518. The molecule has 0 aliphatic rings. The maximum atomic E-state index is 5.30. The van der Waals surface area contributed by atoms with Gasteiger partial charge in [0, 0.05) is 12.5 Å². The second-order valence-electron chi connectivity index (χ2n) is 4.62. The van der Waals surface area contributed by atoms with E-state index in [0.29, 0.717) is 5.89 Å². The summed E-state index contributed by atoms with van der Waals surface area (Å²) in [6.45, 7) is 6.45. The molecule has 4 nitrogen and oxygen atoms in total. The molecule has 0 saturated heterocycles. The molecule has 0 radical (unpaired) electrons. The van der Waals surface area contributed by atoms with E-state index in [0.717, 1.165) is 11.3 Å². The quantitative estimate of drug-likeness (QED) is 0.717. The SMILES string of the molecule is Cn1ncc(-c2ncco2)c1C(C)(C)C. The van der Waals surface area contributed by atoms with Gasteiger partial charge in [-0.05, 0) is 0 Å². The monoisotopic (exact) mass is 205 g/mol. The average molecular weight is 205 g/mol. The molecule has 2 aromatic heterocycles. The molecule has 0 aromatic carbocycles. The smallest absolute Gasteiger partial charge is 0.229 e. The predicted molar refractivity (Wildman–Crippen MR) is 57.4 cm³/mol. The van der Waals surface area contributed by atoms with Crippen molar-refractivity contribution in [1.29, 1.82) is 0 Å². The highest BCUT2D eigenvalue weighted by Gasteiger charge is 2.24. The molecule has 0 saturated carbocycles. The average Bonchev–Trinajstić information content (AvgIpc) is 2.68. The van der Waals surface area contributed by atoms with Gasteiger partial charge in [-0.25, -0.2) is 4.98 Å². The van der Waals surface area contributed by atoms with Crippen LogP contribution in [0.5, 0.6) is 0 Å². The molecule has 15 heavy (non-hydrogen) atoms. The molecule has 0 atom stereocenters. The second kappa shape index (κ2) is 3.22. The van der Waals surface area contributed by atoms with Gasteiger partial charge in [0.1, 0.15) is 6.26 Å². The van der Waals surface area contributed by atoms with Crippen LogP contribution in [0.25, 0.3) is 11.5 Å². The van der Waals surface area contributed by atoms with E-state index in [1.54, 1.807) is 18.7 Å². The molecule has 0 N–H and O–H groups in total. The summed E-state index contributed by atoms with van der Waals surface area (Å²) >= 11 is 0. The van der Waals surface area contributed by atoms with Crippen LogP contribution in [0.2, 0.25) is 0 Å². The normalized spacial score (nSPS) is 12.0. The highest BCUT2D eigenvalue weighted by molar-refractivity contribution is 5.57. The van der Waals surface area contributed by atoms with E-state index in [4.69, 9.17) is 4.42 Å². The summed E-state index contributed by atoms with van der Waals surface area (Å²) in [6.07, 6.45) is 5.02. The zero-order valence-electron chi connectivity index (χ0n) is 9.48. The van der Waals surface area contributed by atoms with Crippen LogP contribution in [0.1, 0.15) is 26.5 Å². The number of hydrogen-bond donors (Lipinski definition) is 0. The third kappa shape index (κ3) is 1.67. The lowest BCUT2D eigenvalue weighted by Gasteiger charge is -2.20. The first-order chi connectivity index (χ1) is 7.00. The van der Waals surface area contributed by atoms with Gasteiger partial charge in [-0.3, -0.25) is 4.68 Å². The van der Waals surface area contributed by atoms with Crippen LogP contribution in [-0.4, -0.2) is 14.8 Å². The summed E-state index contributed by atoms with van der Waals surface area (Å²) in [5, 5.41) is 4.26. The highest BCUT2D eigenvalue weighted by atomic mass is 16.3. The van der Waals surface area contributed by atoms with Gasteiger partial charge in [-0.15, -0.1) is 0 Å². The molecule has 0 fully saturated rings. The first kappa shape index (κ1) is 9.96. The van der Waals surface area contributed by atoms with E-state index < -0.39 is 0 Å². The molecule has 2 rings (SSSR count). The molecular weight excluding hydrogens is 190 g/mol. The number of aromatic nitrogens is 3. The van der Waals surface area contributed by atoms with Crippen molar-refractivity contribution in [3.63, 3.8) is 0 Å². The van der Waals surface area contributed by atoms with Crippen molar-refractivity contribution in [2.45, 2.75) is 26.2 Å². The number of oxazole rings is 1. The van der Waals surface area contributed by atoms with Crippen LogP contribution in [0.15, 0.2) is 23.1 Å². The maximum absolute atomic E-state index is 5.30. The Hall–Kier alpha value is -1.58. The third-order valence-corrected chi connectivity index (χ3v) is 2.31. The fourth-order valence-electron chi connectivity index (χ4n) is 1.84. The van der Waals surface area contributed by atoms with Crippen LogP contribution in [0, 0.1) is 0 Å². The first-order valence-corrected chi connectivity index (χ1v) is 4.92. The van der Waals surface area contributed by atoms with Crippen molar-refractivity contribution >= 4 is 0 Å². The van der Waals surface area contributed by atoms with E-state index in [-0.39, 0.29) is 5.41 Å². The minimum atomic E-state index is 0.0229. The Labute approximate surface area is 88.9 Å². The van der Waals surface area contributed by atoms with E-state index in [1.807, 2.05) is 11.7 Å². The molecule has 0 aliphatic carbocycles. The number of aryl methyl sites for hydroxylation is 1. The van der Waals surface area contributed by atoms with Crippen molar-refractivity contribution < 1.29 is 4.42 Å². The fourth-order valence-corrected chi connectivity index (χ4v) is 1.84. The molecule has 0 amide bonds. The molecule has 0 unspecified atom stereocenters. The van der Waals surface area contributed by atoms with Crippen LogP contribution in [0.3, 0.4) is 0 Å². The van der Waals surface area contributed by atoms with Gasteiger partial charge in [0.25, 0.3) is 0 Å². The lowest BCUT2D eigenvalue weighted by atomic mass is 9.89. The van der Waals surface area contributed by atoms with E-state index in [9.17, 15) is 0 Å².